The molecule has 0 aromatic heterocycles. The zero-order chi connectivity index (χ0) is 14.4. The van der Waals surface area contributed by atoms with Crippen LogP contribution in [-0.2, 0) is 6.42 Å². The zero-order valence-electron chi connectivity index (χ0n) is 12.5. The maximum atomic E-state index is 3.68. The van der Waals surface area contributed by atoms with Gasteiger partial charge in [0, 0.05) is 4.47 Å². The van der Waals surface area contributed by atoms with Crippen LogP contribution in [0.1, 0.15) is 43.7 Å². The van der Waals surface area contributed by atoms with Crippen LogP contribution in [0.25, 0.3) is 11.1 Å². The topological polar surface area (TPSA) is 0 Å². The van der Waals surface area contributed by atoms with Crippen molar-refractivity contribution in [2.45, 2.75) is 46.0 Å². The van der Waals surface area contributed by atoms with Gasteiger partial charge in [0.25, 0.3) is 0 Å². The molecule has 0 aliphatic heterocycles. The van der Waals surface area contributed by atoms with Crippen molar-refractivity contribution in [2.24, 2.45) is 0 Å². The molecule has 0 atom stereocenters. The highest BCUT2D eigenvalue weighted by molar-refractivity contribution is 9.10. The highest BCUT2D eigenvalue weighted by Gasteiger charge is 2.04. The second-order valence-electron chi connectivity index (χ2n) is 5.48. The fourth-order valence-corrected chi connectivity index (χ4v) is 2.88. The van der Waals surface area contributed by atoms with Crippen LogP contribution < -0.4 is 0 Å². The van der Waals surface area contributed by atoms with Crippen LogP contribution in [0.5, 0.6) is 0 Å². The molecule has 0 nitrogen and oxygen atoms in total. The first-order valence-corrected chi connectivity index (χ1v) is 8.35. The van der Waals surface area contributed by atoms with E-state index in [1.165, 1.54) is 58.8 Å². The molecule has 0 heterocycles. The Balaban J connectivity index is 2.13. The van der Waals surface area contributed by atoms with Gasteiger partial charge in [-0.3, -0.25) is 0 Å². The van der Waals surface area contributed by atoms with Crippen molar-refractivity contribution in [1.82, 2.24) is 0 Å². The van der Waals surface area contributed by atoms with Gasteiger partial charge >= 0.3 is 0 Å². The summed E-state index contributed by atoms with van der Waals surface area (Å²) in [6.07, 6.45) is 6.42. The number of unbranched alkanes of at least 4 members (excludes halogenated alkanes) is 3. The Morgan fingerprint density at radius 2 is 1.55 bits per heavy atom. The van der Waals surface area contributed by atoms with Crippen LogP contribution in [0.2, 0.25) is 0 Å². The van der Waals surface area contributed by atoms with Crippen molar-refractivity contribution in [2.75, 3.05) is 0 Å². The Kier molecular flexibility index (Phi) is 5.85. The van der Waals surface area contributed by atoms with Gasteiger partial charge in [0.15, 0.2) is 0 Å². The minimum atomic E-state index is 1.17. The summed E-state index contributed by atoms with van der Waals surface area (Å²) in [5, 5.41) is 0. The highest BCUT2D eigenvalue weighted by atomic mass is 79.9. The predicted molar refractivity (Wildman–Crippen MR) is 92.2 cm³/mol. The van der Waals surface area contributed by atoms with E-state index in [-0.39, 0.29) is 0 Å². The van der Waals surface area contributed by atoms with E-state index >= 15 is 0 Å². The molecule has 0 radical (unpaired) electrons. The molecular formula is C19H23Br. The second kappa shape index (κ2) is 7.64. The van der Waals surface area contributed by atoms with Crippen LogP contribution in [0, 0.1) is 6.92 Å². The lowest BCUT2D eigenvalue weighted by atomic mass is 9.99. The smallest absolute Gasteiger partial charge is 0.0207 e. The molecule has 2 aromatic carbocycles. The third kappa shape index (κ3) is 4.21. The minimum Gasteiger partial charge on any atom is -0.0654 e. The van der Waals surface area contributed by atoms with E-state index < -0.39 is 0 Å². The number of benzene rings is 2. The van der Waals surface area contributed by atoms with Gasteiger partial charge < -0.3 is 0 Å². The Morgan fingerprint density at radius 3 is 2.25 bits per heavy atom. The number of hydrogen-bond acceptors (Lipinski definition) is 0. The summed E-state index contributed by atoms with van der Waals surface area (Å²) >= 11 is 3.68. The van der Waals surface area contributed by atoms with Crippen molar-refractivity contribution in [3.8, 4) is 11.1 Å². The molecule has 0 unspecified atom stereocenters. The Morgan fingerprint density at radius 1 is 0.850 bits per heavy atom. The van der Waals surface area contributed by atoms with Crippen molar-refractivity contribution in [3.63, 3.8) is 0 Å². The van der Waals surface area contributed by atoms with E-state index in [0.29, 0.717) is 0 Å². The molecule has 0 bridgehead atoms. The number of rotatable bonds is 6. The van der Waals surface area contributed by atoms with Gasteiger partial charge in [0.2, 0.25) is 0 Å². The van der Waals surface area contributed by atoms with Crippen molar-refractivity contribution >= 4 is 15.9 Å². The van der Waals surface area contributed by atoms with Gasteiger partial charge in [-0.1, -0.05) is 84.1 Å². The quantitative estimate of drug-likeness (QED) is 0.527. The van der Waals surface area contributed by atoms with E-state index in [4.69, 9.17) is 0 Å². The molecule has 20 heavy (non-hydrogen) atoms. The van der Waals surface area contributed by atoms with Crippen LogP contribution >= 0.6 is 15.9 Å². The summed E-state index contributed by atoms with van der Waals surface area (Å²) in [7, 11) is 0. The van der Waals surface area contributed by atoms with Gasteiger partial charge in [-0.25, -0.2) is 0 Å². The molecule has 0 aliphatic carbocycles. The van der Waals surface area contributed by atoms with E-state index in [1.54, 1.807) is 0 Å². The van der Waals surface area contributed by atoms with Gasteiger partial charge in [-0.15, -0.1) is 0 Å². The largest absolute Gasteiger partial charge is 0.0654 e. The van der Waals surface area contributed by atoms with Crippen LogP contribution in [0.3, 0.4) is 0 Å². The van der Waals surface area contributed by atoms with Gasteiger partial charge in [0.05, 0.1) is 0 Å². The lowest BCUT2D eigenvalue weighted by Gasteiger charge is -2.09. The fourth-order valence-electron chi connectivity index (χ4n) is 2.43. The first kappa shape index (κ1) is 15.3. The third-order valence-corrected chi connectivity index (χ3v) is 4.50. The van der Waals surface area contributed by atoms with Gasteiger partial charge in [0.1, 0.15) is 0 Å². The third-order valence-electron chi connectivity index (χ3n) is 3.73. The van der Waals surface area contributed by atoms with Crippen molar-refractivity contribution in [3.05, 3.63) is 58.1 Å². The molecular weight excluding hydrogens is 308 g/mol. The molecule has 0 saturated heterocycles. The molecule has 1 heteroatoms. The first-order valence-electron chi connectivity index (χ1n) is 7.56. The molecule has 2 aromatic rings. The van der Waals surface area contributed by atoms with E-state index in [9.17, 15) is 0 Å². The minimum absolute atomic E-state index is 1.17. The van der Waals surface area contributed by atoms with Crippen molar-refractivity contribution < 1.29 is 0 Å². The van der Waals surface area contributed by atoms with E-state index in [1.807, 2.05) is 0 Å². The maximum absolute atomic E-state index is 3.68. The molecule has 2 rings (SSSR count). The Bertz CT molecular complexity index is 540. The van der Waals surface area contributed by atoms with Crippen LogP contribution in [-0.4, -0.2) is 0 Å². The molecule has 0 aliphatic rings. The monoisotopic (exact) mass is 330 g/mol. The summed E-state index contributed by atoms with van der Waals surface area (Å²) in [4.78, 5) is 0. The maximum Gasteiger partial charge on any atom is 0.0207 e. The fraction of sp³-hybridized carbons (Fsp3) is 0.368. The Hall–Kier alpha value is -1.08. The predicted octanol–water partition coefficient (Wildman–Crippen LogP) is 6.55. The molecule has 0 spiro atoms. The highest BCUT2D eigenvalue weighted by Crippen LogP contribution is 2.27. The molecule has 0 fully saturated rings. The van der Waals surface area contributed by atoms with E-state index in [0.717, 1.165) is 0 Å². The van der Waals surface area contributed by atoms with E-state index in [2.05, 4.69) is 72.2 Å². The summed E-state index contributed by atoms with van der Waals surface area (Å²) in [5.41, 5.74) is 5.36. The standard InChI is InChI=1S/C19H23Br/c1-3-4-5-6-7-18-14-17(12-13-19(18)20)16-10-8-15(2)9-11-16/h8-14H,3-7H2,1-2H3. The molecule has 106 valence electrons. The summed E-state index contributed by atoms with van der Waals surface area (Å²) < 4.78 is 1.24. The summed E-state index contributed by atoms with van der Waals surface area (Å²) in [6, 6.07) is 15.5. The second-order valence-corrected chi connectivity index (χ2v) is 6.34. The number of hydrogen-bond donors (Lipinski definition) is 0. The molecule has 0 amide bonds. The van der Waals surface area contributed by atoms with Crippen LogP contribution in [0.15, 0.2) is 46.9 Å². The Labute approximate surface area is 131 Å². The lowest BCUT2D eigenvalue weighted by Crippen LogP contribution is -1.89. The normalized spacial score (nSPS) is 10.8. The molecule has 0 saturated carbocycles. The first-order chi connectivity index (χ1) is 9.70. The van der Waals surface area contributed by atoms with Gasteiger partial charge in [-0.2, -0.15) is 0 Å². The average Bonchev–Trinajstić information content (AvgIpc) is 2.46. The zero-order valence-corrected chi connectivity index (χ0v) is 14.0. The van der Waals surface area contributed by atoms with Crippen molar-refractivity contribution in [1.29, 1.82) is 0 Å². The summed E-state index contributed by atoms with van der Waals surface area (Å²) in [5.74, 6) is 0. The number of halogens is 1. The number of aryl methyl sites for hydroxylation is 2. The lowest BCUT2D eigenvalue weighted by molar-refractivity contribution is 0.666. The molecule has 0 N–H and O–H groups in total. The SMILES string of the molecule is CCCCCCc1cc(-c2ccc(C)cc2)ccc1Br. The summed E-state index contributed by atoms with van der Waals surface area (Å²) in [6.45, 7) is 4.39. The van der Waals surface area contributed by atoms with Gasteiger partial charge in [-0.05, 0) is 42.5 Å². The van der Waals surface area contributed by atoms with Crippen LogP contribution in [0.4, 0.5) is 0 Å². The average molecular weight is 331 g/mol.